The Bertz CT molecular complexity index is 1310. The van der Waals surface area contributed by atoms with Crippen LogP contribution in [0.2, 0.25) is 5.02 Å². The van der Waals surface area contributed by atoms with Crippen LogP contribution in [0.3, 0.4) is 0 Å². The van der Waals surface area contributed by atoms with Crippen molar-refractivity contribution in [1.29, 1.82) is 0 Å². The Balaban J connectivity index is 1.49. The molecule has 10 heteroatoms. The zero-order valence-corrected chi connectivity index (χ0v) is 25.7. The Morgan fingerprint density at radius 1 is 1.12 bits per heavy atom. The predicted octanol–water partition coefficient (Wildman–Crippen LogP) is 5.99. The minimum absolute atomic E-state index is 0.0236. The van der Waals surface area contributed by atoms with Crippen molar-refractivity contribution >= 4 is 33.3 Å². The number of carbonyl (C=O) groups is 1. The highest BCUT2D eigenvalue weighted by Gasteiger charge is 2.58. The Morgan fingerprint density at radius 3 is 2.48 bits per heavy atom. The summed E-state index contributed by atoms with van der Waals surface area (Å²) in [4.78, 5) is 18.0. The number of halogens is 2. The summed E-state index contributed by atoms with van der Waals surface area (Å²) in [7, 11) is -3.26. The highest BCUT2D eigenvalue weighted by molar-refractivity contribution is 7.88. The second kappa shape index (κ2) is 12.3. The maximum absolute atomic E-state index is 13.7. The fourth-order valence-corrected chi connectivity index (χ4v) is 7.02. The first-order valence-corrected chi connectivity index (χ1v) is 16.4. The minimum Gasteiger partial charge on any atom is -0.320 e. The Kier molecular flexibility index (Phi) is 9.49. The summed E-state index contributed by atoms with van der Waals surface area (Å²) in [5, 5.41) is 2.93. The van der Waals surface area contributed by atoms with Gasteiger partial charge >= 0.3 is 6.03 Å². The molecule has 40 heavy (non-hydrogen) atoms. The van der Waals surface area contributed by atoms with Crippen LogP contribution in [-0.4, -0.2) is 61.7 Å². The molecule has 0 aliphatic heterocycles. The van der Waals surface area contributed by atoms with Gasteiger partial charge in [-0.1, -0.05) is 35.9 Å². The van der Waals surface area contributed by atoms with E-state index in [1.165, 1.54) is 30.0 Å². The van der Waals surface area contributed by atoms with Gasteiger partial charge in [0.1, 0.15) is 5.82 Å². The molecular weight excluding hydrogens is 551 g/mol. The molecule has 220 valence electrons. The van der Waals surface area contributed by atoms with Gasteiger partial charge in [-0.2, -0.15) is 0 Å². The van der Waals surface area contributed by atoms with Gasteiger partial charge in [0.25, 0.3) is 0 Å². The summed E-state index contributed by atoms with van der Waals surface area (Å²) in [5.41, 5.74) is 2.77. The number of hydrogen-bond donors (Lipinski definition) is 2. The lowest BCUT2D eigenvalue weighted by Crippen LogP contribution is -2.50. The molecule has 3 atom stereocenters. The van der Waals surface area contributed by atoms with Crippen molar-refractivity contribution in [3.63, 3.8) is 0 Å². The molecule has 2 aliphatic rings. The number of carbonyl (C=O) groups excluding carboxylic acids is 1. The van der Waals surface area contributed by atoms with E-state index in [0.29, 0.717) is 30.2 Å². The number of nitrogens with one attached hydrogen (secondary N) is 2. The summed E-state index contributed by atoms with van der Waals surface area (Å²) in [6, 6.07) is 13.1. The molecule has 0 aromatic heterocycles. The van der Waals surface area contributed by atoms with Gasteiger partial charge in [-0.05, 0) is 94.0 Å². The van der Waals surface area contributed by atoms with E-state index in [4.69, 9.17) is 11.6 Å². The summed E-state index contributed by atoms with van der Waals surface area (Å²) in [6.45, 7) is 10.3. The van der Waals surface area contributed by atoms with E-state index in [1.54, 1.807) is 0 Å². The first kappa shape index (κ1) is 30.8. The highest BCUT2D eigenvalue weighted by Crippen LogP contribution is 2.62. The van der Waals surface area contributed by atoms with Crippen LogP contribution in [-0.2, 0) is 22.0 Å². The number of fused-ring (bicyclic) bond motifs is 1. The molecule has 2 fully saturated rings. The lowest BCUT2D eigenvalue weighted by atomic mass is 9.80. The second-order valence-electron chi connectivity index (χ2n) is 12.0. The van der Waals surface area contributed by atoms with Crippen LogP contribution >= 0.6 is 11.6 Å². The topological polar surface area (TPSA) is 81.8 Å². The number of sulfonamides is 1. The molecule has 2 aliphatic carbocycles. The van der Waals surface area contributed by atoms with E-state index in [-0.39, 0.29) is 29.1 Å². The second-order valence-corrected chi connectivity index (χ2v) is 14.2. The van der Waals surface area contributed by atoms with E-state index < -0.39 is 15.8 Å². The highest BCUT2D eigenvalue weighted by atomic mass is 35.5. The molecule has 0 heterocycles. The zero-order valence-electron chi connectivity index (χ0n) is 24.1. The third-order valence-corrected chi connectivity index (χ3v) is 9.51. The fraction of sp³-hybridized carbons (Fsp3) is 0.567. The number of nitrogens with zero attached hydrogens (tertiary/aromatic N) is 2. The van der Waals surface area contributed by atoms with E-state index in [9.17, 15) is 17.6 Å². The van der Waals surface area contributed by atoms with Crippen molar-refractivity contribution in [2.45, 2.75) is 83.5 Å². The minimum atomic E-state index is -3.26. The predicted molar refractivity (Wildman–Crippen MR) is 160 cm³/mol. The van der Waals surface area contributed by atoms with E-state index in [2.05, 4.69) is 54.8 Å². The largest absolute Gasteiger partial charge is 0.322 e. The van der Waals surface area contributed by atoms with E-state index in [0.717, 1.165) is 37.8 Å². The molecule has 2 aromatic carbocycles. The fourth-order valence-electron chi connectivity index (χ4n) is 6.41. The molecule has 0 saturated heterocycles. The zero-order chi connectivity index (χ0) is 29.2. The van der Waals surface area contributed by atoms with Crippen LogP contribution in [0.4, 0.5) is 14.9 Å². The SMILES string of the molecule is CC(C)N(CCN(C(=O)Nc1ccc(F)c(Cl)c1)C1CC[C@]2(c3cccc(CNS(C)(=O)=O)c3)CC2C1)C(C)C. The molecule has 0 bridgehead atoms. The molecule has 4 rings (SSSR count). The molecular formula is C30H42ClFN4O3S. The van der Waals surface area contributed by atoms with Crippen LogP contribution in [0, 0.1) is 11.7 Å². The van der Waals surface area contributed by atoms with Crippen molar-refractivity contribution in [2.75, 3.05) is 24.7 Å². The molecule has 7 nitrogen and oxygen atoms in total. The number of rotatable bonds is 11. The Hall–Kier alpha value is -2.20. The molecule has 2 N–H and O–H groups in total. The maximum Gasteiger partial charge on any atom is 0.322 e. The van der Waals surface area contributed by atoms with Crippen LogP contribution < -0.4 is 10.0 Å². The van der Waals surface area contributed by atoms with Gasteiger partial charge in [-0.3, -0.25) is 4.90 Å². The number of urea groups is 1. The average molecular weight is 593 g/mol. The summed E-state index contributed by atoms with van der Waals surface area (Å²) < 4.78 is 39.4. The van der Waals surface area contributed by atoms with Crippen LogP contribution in [0.1, 0.15) is 64.5 Å². The summed E-state index contributed by atoms with van der Waals surface area (Å²) in [6.07, 6.45) is 4.99. The van der Waals surface area contributed by atoms with Crippen LogP contribution in [0.15, 0.2) is 42.5 Å². The number of benzene rings is 2. The molecule has 0 radical (unpaired) electrons. The molecule has 2 saturated carbocycles. The van der Waals surface area contributed by atoms with Crippen molar-refractivity contribution in [2.24, 2.45) is 5.92 Å². The number of hydrogen-bond acceptors (Lipinski definition) is 4. The quantitative estimate of drug-likeness (QED) is 0.336. The third kappa shape index (κ3) is 7.35. The Labute approximate surface area is 243 Å². The molecule has 2 aromatic rings. The van der Waals surface area contributed by atoms with Crippen molar-refractivity contribution in [3.05, 3.63) is 64.4 Å². The van der Waals surface area contributed by atoms with Gasteiger partial charge in [-0.15, -0.1) is 0 Å². The van der Waals surface area contributed by atoms with Gasteiger partial charge in [0, 0.05) is 43.4 Å². The van der Waals surface area contributed by atoms with Crippen LogP contribution in [0.5, 0.6) is 0 Å². The summed E-state index contributed by atoms with van der Waals surface area (Å²) in [5.74, 6) is -0.0548. The van der Waals surface area contributed by atoms with Gasteiger partial charge in [0.2, 0.25) is 10.0 Å². The van der Waals surface area contributed by atoms with Crippen LogP contribution in [0.25, 0.3) is 0 Å². The van der Waals surface area contributed by atoms with Gasteiger partial charge in [0.05, 0.1) is 11.3 Å². The molecule has 0 spiro atoms. The summed E-state index contributed by atoms with van der Waals surface area (Å²) >= 11 is 5.97. The Morgan fingerprint density at radius 2 is 1.85 bits per heavy atom. The first-order valence-electron chi connectivity index (χ1n) is 14.1. The molecule has 2 amide bonds. The first-order chi connectivity index (χ1) is 18.8. The smallest absolute Gasteiger partial charge is 0.320 e. The standard InChI is InChI=1S/C30H42ClFN4O3S/c1-20(2)35(21(3)4)13-14-36(29(37)34-25-9-10-28(32)27(31)17-25)26-11-12-30(18-24(30)16-26)23-8-6-7-22(15-23)19-33-40(5,38)39/h6-10,15,17,20-21,24,26,33H,11-14,16,18-19H2,1-5H3,(H,34,37)/t24?,26?,30-/m1/s1. The third-order valence-electron chi connectivity index (χ3n) is 8.55. The van der Waals surface area contributed by atoms with Crippen molar-refractivity contribution in [1.82, 2.24) is 14.5 Å². The normalized spacial score (nSPS) is 22.4. The van der Waals surface area contributed by atoms with Gasteiger partial charge in [0.15, 0.2) is 0 Å². The lowest BCUT2D eigenvalue weighted by Gasteiger charge is -2.39. The lowest BCUT2D eigenvalue weighted by molar-refractivity contribution is 0.120. The average Bonchev–Trinajstić information content (AvgIpc) is 3.62. The molecule has 2 unspecified atom stereocenters. The number of anilines is 1. The van der Waals surface area contributed by atoms with E-state index in [1.807, 2.05) is 17.0 Å². The van der Waals surface area contributed by atoms with Crippen molar-refractivity contribution < 1.29 is 17.6 Å². The number of amides is 2. The van der Waals surface area contributed by atoms with Gasteiger partial charge < -0.3 is 10.2 Å². The van der Waals surface area contributed by atoms with Crippen molar-refractivity contribution in [3.8, 4) is 0 Å². The maximum atomic E-state index is 13.7. The van der Waals surface area contributed by atoms with Gasteiger partial charge in [-0.25, -0.2) is 22.3 Å². The monoisotopic (exact) mass is 592 g/mol. The van der Waals surface area contributed by atoms with E-state index >= 15 is 0 Å².